The summed E-state index contributed by atoms with van der Waals surface area (Å²) in [5.74, 6) is -2.24. The van der Waals surface area contributed by atoms with E-state index in [1.54, 1.807) is 24.3 Å². The summed E-state index contributed by atoms with van der Waals surface area (Å²) in [4.78, 5) is 46.8. The van der Waals surface area contributed by atoms with Crippen molar-refractivity contribution >= 4 is 57.8 Å². The molecule has 0 radical (unpaired) electrons. The van der Waals surface area contributed by atoms with Crippen LogP contribution in [0.3, 0.4) is 0 Å². The number of carbonyl (C=O) groups excluding carboxylic acids is 2. The zero-order chi connectivity index (χ0) is 23.4. The maximum absolute atomic E-state index is 12.8. The number of nitro groups is 1. The fraction of sp³-hybridized carbons (Fsp3) is 0.100. The Morgan fingerprint density at radius 3 is 2.69 bits per heavy atom. The van der Waals surface area contributed by atoms with Crippen molar-refractivity contribution in [1.82, 2.24) is 10.4 Å². The smallest absolute Gasteiger partial charge is 0.344 e. The van der Waals surface area contributed by atoms with E-state index in [4.69, 9.17) is 22.1 Å². The van der Waals surface area contributed by atoms with Gasteiger partial charge in [0.2, 0.25) is 0 Å². The zero-order valence-electron chi connectivity index (χ0n) is 16.4. The van der Waals surface area contributed by atoms with Crippen LogP contribution in [0.4, 0.5) is 5.69 Å². The summed E-state index contributed by atoms with van der Waals surface area (Å²) in [7, 11) is 0. The number of thioether (sulfide) groups is 1. The van der Waals surface area contributed by atoms with Crippen LogP contribution in [0, 0.1) is 10.1 Å². The Kier molecular flexibility index (Phi) is 6.85. The van der Waals surface area contributed by atoms with Crippen molar-refractivity contribution in [2.45, 2.75) is 13.0 Å². The lowest BCUT2D eigenvalue weighted by Crippen LogP contribution is -2.44. The number of nitrogens with zero attached hydrogens (tertiary/aromatic N) is 2. The third kappa shape index (κ3) is 5.10. The Morgan fingerprint density at radius 2 is 2.00 bits per heavy atom. The van der Waals surface area contributed by atoms with Gasteiger partial charge in [-0.3, -0.25) is 25.1 Å². The molecule has 0 spiro atoms. The Hall–Kier alpha value is -3.77. The molecular weight excluding hydrogens is 458 g/mol. The van der Waals surface area contributed by atoms with Crippen LogP contribution in [0.25, 0.3) is 6.08 Å². The van der Waals surface area contributed by atoms with E-state index in [1.165, 1.54) is 31.2 Å². The SMILES string of the molecule is CC(Oc1ccccc1/C=C1/SC(=S)N(NC(=O)c2cccc([N+](=O)[O-])c2)C1=O)C(=O)O. The quantitative estimate of drug-likeness (QED) is 0.269. The number of para-hydroxylation sites is 1. The molecule has 0 bridgehead atoms. The number of rotatable bonds is 7. The van der Waals surface area contributed by atoms with E-state index in [9.17, 15) is 24.5 Å². The first-order valence-electron chi connectivity index (χ1n) is 8.99. The van der Waals surface area contributed by atoms with Gasteiger partial charge in [-0.2, -0.15) is 5.01 Å². The lowest BCUT2D eigenvalue weighted by Gasteiger charge is -2.15. The molecule has 0 saturated carbocycles. The summed E-state index contributed by atoms with van der Waals surface area (Å²) >= 11 is 6.11. The van der Waals surface area contributed by atoms with Crippen LogP contribution in [0.5, 0.6) is 5.75 Å². The van der Waals surface area contributed by atoms with Crippen LogP contribution in [-0.2, 0) is 9.59 Å². The van der Waals surface area contributed by atoms with Crippen LogP contribution in [0.15, 0.2) is 53.4 Å². The van der Waals surface area contributed by atoms with Crippen molar-refractivity contribution in [3.63, 3.8) is 0 Å². The molecule has 2 N–H and O–H groups in total. The second kappa shape index (κ2) is 9.58. The molecule has 1 fully saturated rings. The van der Waals surface area contributed by atoms with Crippen molar-refractivity contribution < 1.29 is 29.2 Å². The van der Waals surface area contributed by atoms with E-state index in [1.807, 2.05) is 0 Å². The van der Waals surface area contributed by atoms with Crippen LogP contribution < -0.4 is 10.2 Å². The van der Waals surface area contributed by atoms with Gasteiger partial charge in [0.15, 0.2) is 10.4 Å². The van der Waals surface area contributed by atoms with Gasteiger partial charge in [0.25, 0.3) is 17.5 Å². The van der Waals surface area contributed by atoms with Crippen molar-refractivity contribution in [3.05, 3.63) is 74.7 Å². The van der Waals surface area contributed by atoms with Crippen LogP contribution in [0.2, 0.25) is 0 Å². The molecule has 12 heteroatoms. The topological polar surface area (TPSA) is 139 Å². The minimum absolute atomic E-state index is 0.0152. The van der Waals surface area contributed by atoms with Gasteiger partial charge < -0.3 is 9.84 Å². The number of carbonyl (C=O) groups is 3. The number of nitro benzene ring substituents is 1. The summed E-state index contributed by atoms with van der Waals surface area (Å²) in [5.41, 5.74) is 2.52. The minimum Gasteiger partial charge on any atom is -0.479 e. The van der Waals surface area contributed by atoms with Gasteiger partial charge >= 0.3 is 5.97 Å². The van der Waals surface area contributed by atoms with Crippen LogP contribution in [0.1, 0.15) is 22.8 Å². The van der Waals surface area contributed by atoms with Gasteiger partial charge in [-0.05, 0) is 37.4 Å². The highest BCUT2D eigenvalue weighted by atomic mass is 32.2. The predicted octanol–water partition coefficient (Wildman–Crippen LogP) is 2.99. The molecule has 32 heavy (non-hydrogen) atoms. The number of carboxylic acid groups (broad SMARTS) is 1. The van der Waals surface area contributed by atoms with E-state index in [-0.39, 0.29) is 26.2 Å². The molecule has 3 rings (SSSR count). The molecular formula is C20H15N3O7S2. The second-order valence-corrected chi connectivity index (χ2v) is 8.08. The number of nitrogens with one attached hydrogen (secondary N) is 1. The molecule has 1 aliphatic rings. The maximum atomic E-state index is 12.8. The molecule has 2 amide bonds. The summed E-state index contributed by atoms with van der Waals surface area (Å²) in [5, 5.41) is 20.8. The number of benzene rings is 2. The molecule has 2 aromatic rings. The fourth-order valence-electron chi connectivity index (χ4n) is 2.58. The summed E-state index contributed by atoms with van der Waals surface area (Å²) in [6.45, 7) is 1.38. The van der Waals surface area contributed by atoms with Crippen molar-refractivity contribution in [2.75, 3.05) is 0 Å². The second-order valence-electron chi connectivity index (χ2n) is 6.40. The first-order valence-corrected chi connectivity index (χ1v) is 10.2. The molecule has 1 aliphatic heterocycles. The number of hydrogen-bond donors (Lipinski definition) is 2. The lowest BCUT2D eigenvalue weighted by molar-refractivity contribution is -0.384. The first kappa shape index (κ1) is 22.9. The normalized spacial score (nSPS) is 15.5. The Morgan fingerprint density at radius 1 is 1.28 bits per heavy atom. The predicted molar refractivity (Wildman–Crippen MR) is 120 cm³/mol. The molecule has 10 nitrogen and oxygen atoms in total. The monoisotopic (exact) mass is 473 g/mol. The van der Waals surface area contributed by atoms with Gasteiger partial charge in [0.1, 0.15) is 5.75 Å². The lowest BCUT2D eigenvalue weighted by atomic mass is 10.2. The van der Waals surface area contributed by atoms with E-state index in [0.29, 0.717) is 5.56 Å². The van der Waals surface area contributed by atoms with Gasteiger partial charge in [-0.1, -0.05) is 36.0 Å². The minimum atomic E-state index is -1.14. The fourth-order valence-corrected chi connectivity index (χ4v) is 3.75. The number of thiocarbonyl (C=S) groups is 1. The van der Waals surface area contributed by atoms with E-state index >= 15 is 0 Å². The van der Waals surface area contributed by atoms with Gasteiger partial charge in [0.05, 0.1) is 9.83 Å². The third-order valence-corrected chi connectivity index (χ3v) is 5.49. The summed E-state index contributed by atoms with van der Waals surface area (Å²) < 4.78 is 5.48. The molecule has 1 unspecified atom stereocenters. The molecule has 1 heterocycles. The molecule has 0 aromatic heterocycles. The average Bonchev–Trinajstić information content (AvgIpc) is 3.02. The van der Waals surface area contributed by atoms with E-state index in [2.05, 4.69) is 5.43 Å². The number of hydrazine groups is 1. The van der Waals surface area contributed by atoms with E-state index in [0.717, 1.165) is 22.8 Å². The summed E-state index contributed by atoms with van der Waals surface area (Å²) in [6.07, 6.45) is 0.371. The Balaban J connectivity index is 1.80. The Bertz CT molecular complexity index is 1170. The van der Waals surface area contributed by atoms with Gasteiger partial charge in [-0.25, -0.2) is 4.79 Å². The first-order chi connectivity index (χ1) is 15.2. The molecule has 0 aliphatic carbocycles. The van der Waals surface area contributed by atoms with Crippen molar-refractivity contribution in [3.8, 4) is 5.75 Å². The number of amides is 2. The molecule has 2 aromatic carbocycles. The highest BCUT2D eigenvalue weighted by Gasteiger charge is 2.34. The number of aliphatic carboxylic acids is 1. The van der Waals surface area contributed by atoms with Crippen molar-refractivity contribution in [1.29, 1.82) is 0 Å². The average molecular weight is 473 g/mol. The number of non-ortho nitro benzene ring substituents is 1. The van der Waals surface area contributed by atoms with Gasteiger partial charge in [0, 0.05) is 23.3 Å². The summed E-state index contributed by atoms with van der Waals surface area (Å²) in [6, 6.07) is 11.6. The number of carboxylic acids is 1. The maximum Gasteiger partial charge on any atom is 0.344 e. The van der Waals surface area contributed by atoms with E-state index < -0.39 is 28.8 Å². The molecule has 164 valence electrons. The number of hydrogen-bond acceptors (Lipinski definition) is 8. The van der Waals surface area contributed by atoms with Gasteiger partial charge in [-0.15, -0.1) is 0 Å². The molecule has 1 saturated heterocycles. The largest absolute Gasteiger partial charge is 0.479 e. The van der Waals surface area contributed by atoms with Crippen LogP contribution >= 0.6 is 24.0 Å². The third-order valence-electron chi connectivity index (χ3n) is 4.18. The number of ether oxygens (including phenoxy) is 1. The van der Waals surface area contributed by atoms with Crippen LogP contribution in [-0.4, -0.2) is 43.2 Å². The zero-order valence-corrected chi connectivity index (χ0v) is 18.0. The highest BCUT2D eigenvalue weighted by molar-refractivity contribution is 8.26. The Labute approximate surface area is 191 Å². The van der Waals surface area contributed by atoms with Crippen molar-refractivity contribution in [2.24, 2.45) is 0 Å². The highest BCUT2D eigenvalue weighted by Crippen LogP contribution is 2.33. The molecule has 1 atom stereocenters. The standard InChI is InChI=1S/C20H15N3O7S2/c1-11(19(26)27)30-15-8-3-2-5-12(15)10-16-18(25)22(20(31)32-16)21-17(24)13-6-4-7-14(9-13)23(28)29/h2-11H,1H3,(H,21,24)(H,26,27)/b16-10+.